The lowest BCUT2D eigenvalue weighted by Crippen LogP contribution is -1.80. The first-order chi connectivity index (χ1) is 11.3. The number of hydrogen-bond acceptors (Lipinski definition) is 3. The molecule has 23 heavy (non-hydrogen) atoms. The van der Waals surface area contributed by atoms with E-state index in [-0.39, 0.29) is 5.82 Å². The molecule has 0 bridgehead atoms. The lowest BCUT2D eigenvalue weighted by molar-refractivity contribution is 0.602. The van der Waals surface area contributed by atoms with Crippen LogP contribution in [0.15, 0.2) is 82.6 Å². The molecule has 0 aliphatic rings. The lowest BCUT2D eigenvalue weighted by Gasteiger charge is -2.03. The average Bonchev–Trinajstić information content (AvgIpc) is 3.02. The lowest BCUT2D eigenvalue weighted by atomic mass is 10.2. The van der Waals surface area contributed by atoms with E-state index in [1.807, 2.05) is 48.5 Å². The van der Waals surface area contributed by atoms with Gasteiger partial charge in [0.05, 0.1) is 10.2 Å². The number of hydrogen-bond donors (Lipinski definition) is 0. The van der Waals surface area contributed by atoms with E-state index < -0.39 is 0 Å². The highest BCUT2D eigenvalue weighted by molar-refractivity contribution is 7.99. The predicted octanol–water partition coefficient (Wildman–Crippen LogP) is 6.25. The number of benzene rings is 3. The second-order valence-electron chi connectivity index (χ2n) is 5.04. The van der Waals surface area contributed by atoms with Crippen LogP contribution in [0.3, 0.4) is 0 Å². The molecule has 1 aromatic heterocycles. The van der Waals surface area contributed by atoms with Crippen LogP contribution in [0.5, 0.6) is 0 Å². The molecular formula is C19H12FNS2. The summed E-state index contributed by atoms with van der Waals surface area (Å²) in [6.45, 7) is 0. The van der Waals surface area contributed by atoms with Gasteiger partial charge in [0.25, 0.3) is 0 Å². The summed E-state index contributed by atoms with van der Waals surface area (Å²) in [4.78, 5) is 6.32. The monoisotopic (exact) mass is 337 g/mol. The fourth-order valence-electron chi connectivity index (χ4n) is 2.32. The second-order valence-corrected chi connectivity index (χ2v) is 7.19. The van der Waals surface area contributed by atoms with E-state index in [0.717, 1.165) is 21.0 Å². The van der Waals surface area contributed by atoms with Gasteiger partial charge in [0.15, 0.2) is 0 Å². The van der Waals surface area contributed by atoms with Gasteiger partial charge in [0.2, 0.25) is 0 Å². The van der Waals surface area contributed by atoms with Crippen LogP contribution in [0.2, 0.25) is 0 Å². The van der Waals surface area contributed by atoms with E-state index in [1.165, 1.54) is 22.5 Å². The molecule has 0 aliphatic carbocycles. The van der Waals surface area contributed by atoms with Gasteiger partial charge >= 0.3 is 0 Å². The highest BCUT2D eigenvalue weighted by Gasteiger charge is 2.07. The standard InChI is InChI=1S/C19H12FNS2/c20-15-5-1-3-7-17(15)22-14-11-9-13(10-12-14)19-21-16-6-2-4-8-18(16)23-19/h1-12H. The summed E-state index contributed by atoms with van der Waals surface area (Å²) in [5, 5.41) is 1.01. The topological polar surface area (TPSA) is 12.9 Å². The van der Waals surface area contributed by atoms with Crippen molar-refractivity contribution in [2.45, 2.75) is 9.79 Å². The normalized spacial score (nSPS) is 11.0. The third-order valence-electron chi connectivity index (χ3n) is 3.46. The molecule has 0 fully saturated rings. The van der Waals surface area contributed by atoms with Crippen molar-refractivity contribution in [1.82, 2.24) is 4.98 Å². The fraction of sp³-hybridized carbons (Fsp3) is 0. The van der Waals surface area contributed by atoms with Gasteiger partial charge in [-0.1, -0.05) is 48.2 Å². The van der Waals surface area contributed by atoms with Crippen molar-refractivity contribution in [3.63, 3.8) is 0 Å². The summed E-state index contributed by atoms with van der Waals surface area (Å²) in [7, 11) is 0. The predicted molar refractivity (Wildman–Crippen MR) is 95.6 cm³/mol. The fourth-order valence-corrected chi connectivity index (χ4v) is 4.13. The summed E-state index contributed by atoms with van der Waals surface area (Å²) in [5.74, 6) is -0.187. The summed E-state index contributed by atoms with van der Waals surface area (Å²) < 4.78 is 14.9. The largest absolute Gasteiger partial charge is 0.236 e. The molecule has 0 spiro atoms. The molecule has 0 N–H and O–H groups in total. The van der Waals surface area contributed by atoms with Gasteiger partial charge in [0.1, 0.15) is 10.8 Å². The van der Waals surface area contributed by atoms with Crippen LogP contribution < -0.4 is 0 Å². The minimum absolute atomic E-state index is 0.187. The van der Waals surface area contributed by atoms with E-state index in [4.69, 9.17) is 0 Å². The van der Waals surface area contributed by atoms with E-state index in [9.17, 15) is 4.39 Å². The molecule has 1 heterocycles. The number of rotatable bonds is 3. The molecule has 0 unspecified atom stereocenters. The first kappa shape index (κ1) is 14.4. The highest BCUT2D eigenvalue weighted by Crippen LogP contribution is 2.33. The van der Waals surface area contributed by atoms with Gasteiger partial charge in [0, 0.05) is 15.4 Å². The van der Waals surface area contributed by atoms with Crippen molar-refractivity contribution in [2.75, 3.05) is 0 Å². The first-order valence-corrected chi connectivity index (χ1v) is 8.81. The maximum Gasteiger partial charge on any atom is 0.137 e. The zero-order valence-corrected chi connectivity index (χ0v) is 13.7. The average molecular weight is 337 g/mol. The van der Waals surface area contributed by atoms with E-state index in [0.29, 0.717) is 4.90 Å². The third-order valence-corrected chi connectivity index (χ3v) is 5.60. The Labute approximate surface area is 141 Å². The quantitative estimate of drug-likeness (QED) is 0.438. The molecule has 4 aromatic rings. The maximum absolute atomic E-state index is 13.7. The molecule has 0 amide bonds. The Morgan fingerprint density at radius 3 is 2.35 bits per heavy atom. The van der Waals surface area contributed by atoms with Crippen LogP contribution in [0.25, 0.3) is 20.8 Å². The molecule has 0 radical (unpaired) electrons. The smallest absolute Gasteiger partial charge is 0.137 e. The molecule has 3 aromatic carbocycles. The van der Waals surface area contributed by atoms with Gasteiger partial charge in [-0.05, 0) is 36.4 Å². The summed E-state index contributed by atoms with van der Waals surface area (Å²) in [5.41, 5.74) is 2.11. The van der Waals surface area contributed by atoms with Crippen molar-refractivity contribution < 1.29 is 4.39 Å². The Balaban J connectivity index is 1.61. The van der Waals surface area contributed by atoms with E-state index in [2.05, 4.69) is 11.1 Å². The Bertz CT molecular complexity index is 927. The molecule has 0 atom stereocenters. The van der Waals surface area contributed by atoms with Gasteiger partial charge in [-0.2, -0.15) is 0 Å². The number of thiazole rings is 1. The second kappa shape index (κ2) is 6.14. The van der Waals surface area contributed by atoms with E-state index in [1.54, 1.807) is 23.5 Å². The van der Waals surface area contributed by atoms with Crippen LogP contribution in [-0.4, -0.2) is 4.98 Å². The summed E-state index contributed by atoms with van der Waals surface area (Å²) >= 11 is 3.12. The molecule has 112 valence electrons. The molecule has 0 saturated heterocycles. The number of para-hydroxylation sites is 1. The number of nitrogens with zero attached hydrogens (tertiary/aromatic N) is 1. The zero-order valence-electron chi connectivity index (χ0n) is 12.1. The number of halogens is 1. The van der Waals surface area contributed by atoms with Crippen LogP contribution in [0.1, 0.15) is 0 Å². The van der Waals surface area contributed by atoms with Gasteiger partial charge in [-0.15, -0.1) is 11.3 Å². The van der Waals surface area contributed by atoms with Crippen LogP contribution in [0.4, 0.5) is 4.39 Å². The molecule has 0 saturated carbocycles. The van der Waals surface area contributed by atoms with Crippen molar-refractivity contribution >= 4 is 33.3 Å². The zero-order chi connectivity index (χ0) is 15.6. The number of aromatic nitrogens is 1. The molecular weight excluding hydrogens is 325 g/mol. The summed E-state index contributed by atoms with van der Waals surface area (Å²) in [6.07, 6.45) is 0. The molecule has 4 rings (SSSR count). The Morgan fingerprint density at radius 2 is 1.57 bits per heavy atom. The van der Waals surface area contributed by atoms with Crippen LogP contribution in [0, 0.1) is 5.82 Å². The maximum atomic E-state index is 13.7. The minimum Gasteiger partial charge on any atom is -0.236 e. The highest BCUT2D eigenvalue weighted by atomic mass is 32.2. The van der Waals surface area contributed by atoms with Crippen molar-refractivity contribution in [1.29, 1.82) is 0 Å². The molecule has 0 aliphatic heterocycles. The Morgan fingerprint density at radius 1 is 0.826 bits per heavy atom. The van der Waals surface area contributed by atoms with Crippen molar-refractivity contribution in [2.24, 2.45) is 0 Å². The minimum atomic E-state index is -0.187. The van der Waals surface area contributed by atoms with Gasteiger partial charge in [-0.3, -0.25) is 0 Å². The first-order valence-electron chi connectivity index (χ1n) is 7.18. The van der Waals surface area contributed by atoms with Gasteiger partial charge < -0.3 is 0 Å². The Kier molecular flexibility index (Phi) is 3.85. The van der Waals surface area contributed by atoms with Crippen molar-refractivity contribution in [3.8, 4) is 10.6 Å². The number of fused-ring (bicyclic) bond motifs is 1. The SMILES string of the molecule is Fc1ccccc1Sc1ccc(-c2nc3ccccc3s2)cc1. The van der Waals surface area contributed by atoms with Gasteiger partial charge in [-0.25, -0.2) is 9.37 Å². The molecule has 1 nitrogen and oxygen atoms in total. The van der Waals surface area contributed by atoms with Crippen molar-refractivity contribution in [3.05, 3.63) is 78.6 Å². The van der Waals surface area contributed by atoms with Crippen LogP contribution >= 0.6 is 23.1 Å². The third kappa shape index (κ3) is 3.00. The Hall–Kier alpha value is -2.17. The summed E-state index contributed by atoms with van der Waals surface area (Å²) in [6, 6.07) is 23.1. The van der Waals surface area contributed by atoms with Crippen LogP contribution in [-0.2, 0) is 0 Å². The molecule has 4 heteroatoms. The van der Waals surface area contributed by atoms with E-state index >= 15 is 0 Å².